The molecule has 3 aromatic rings. The summed E-state index contributed by atoms with van der Waals surface area (Å²) in [6.07, 6.45) is 1.07. The number of hydrogen-bond donors (Lipinski definition) is 0. The van der Waals surface area contributed by atoms with Crippen LogP contribution in [0.15, 0.2) is 85.8 Å². The molecule has 8 heteroatoms. The van der Waals surface area contributed by atoms with Crippen LogP contribution in [0.4, 0.5) is 0 Å². The zero-order valence-corrected chi connectivity index (χ0v) is 20.8. The fourth-order valence-corrected chi connectivity index (χ4v) is 6.98. The molecule has 174 valence electrons. The van der Waals surface area contributed by atoms with E-state index in [9.17, 15) is 21.6 Å². The topological polar surface area (TPSA) is 97.7 Å². The van der Waals surface area contributed by atoms with Crippen LogP contribution in [0.2, 0.25) is 0 Å². The molecule has 0 saturated carbocycles. The molecule has 3 aromatic carbocycles. The molecule has 0 amide bonds. The number of rotatable bonds is 4. The van der Waals surface area contributed by atoms with Gasteiger partial charge >= 0.3 is 0 Å². The molecule has 0 saturated heterocycles. The number of carbonyl (C=O) groups is 1. The fourth-order valence-electron chi connectivity index (χ4n) is 4.17. The number of aryl methyl sites for hydroxylation is 4. The molecule has 0 bridgehead atoms. The number of fused-ring (bicyclic) bond motifs is 1. The van der Waals surface area contributed by atoms with Crippen LogP contribution >= 0.6 is 0 Å². The highest BCUT2D eigenvalue weighted by atomic mass is 32.2. The summed E-state index contributed by atoms with van der Waals surface area (Å²) in [5.74, 6) is -0.699. The maximum absolute atomic E-state index is 13.4. The second-order valence-electron chi connectivity index (χ2n) is 8.38. The van der Waals surface area contributed by atoms with E-state index in [4.69, 9.17) is 0 Å². The summed E-state index contributed by atoms with van der Waals surface area (Å²) in [7, 11) is -8.41. The van der Waals surface area contributed by atoms with Crippen LogP contribution in [0, 0.1) is 27.7 Å². The second-order valence-corrected chi connectivity index (χ2v) is 11.8. The van der Waals surface area contributed by atoms with Crippen molar-refractivity contribution in [2.24, 2.45) is 4.40 Å². The van der Waals surface area contributed by atoms with Gasteiger partial charge in [0, 0.05) is 11.1 Å². The molecule has 0 atom stereocenters. The summed E-state index contributed by atoms with van der Waals surface area (Å²) in [5.41, 5.74) is 3.12. The van der Waals surface area contributed by atoms with E-state index in [1.807, 2.05) is 13.8 Å². The van der Waals surface area contributed by atoms with Crippen LogP contribution in [0.25, 0.3) is 0 Å². The molecule has 0 aliphatic heterocycles. The lowest BCUT2D eigenvalue weighted by molar-refractivity contribution is 0.104. The molecule has 0 spiro atoms. The molecular weight excluding hydrogens is 470 g/mol. The van der Waals surface area contributed by atoms with Crippen LogP contribution < -0.4 is 0 Å². The van der Waals surface area contributed by atoms with Gasteiger partial charge in [0.15, 0.2) is 0 Å². The first kappa shape index (κ1) is 23.8. The first-order valence-electron chi connectivity index (χ1n) is 10.5. The molecule has 0 fully saturated rings. The molecule has 0 aromatic heterocycles. The van der Waals surface area contributed by atoms with Gasteiger partial charge in [-0.2, -0.15) is 12.8 Å². The van der Waals surface area contributed by atoms with E-state index in [-0.39, 0.29) is 26.6 Å². The number of benzene rings is 3. The quantitative estimate of drug-likeness (QED) is 0.527. The van der Waals surface area contributed by atoms with E-state index in [0.717, 1.165) is 17.2 Å². The Bertz CT molecular complexity index is 1590. The number of hydrogen-bond acceptors (Lipinski definition) is 5. The summed E-state index contributed by atoms with van der Waals surface area (Å²) >= 11 is 0. The Morgan fingerprint density at radius 3 is 1.85 bits per heavy atom. The van der Waals surface area contributed by atoms with Gasteiger partial charge in [0.2, 0.25) is 15.6 Å². The van der Waals surface area contributed by atoms with Crippen molar-refractivity contribution in [3.05, 3.63) is 105 Å². The van der Waals surface area contributed by atoms with Gasteiger partial charge in [-0.05, 0) is 57.0 Å². The van der Waals surface area contributed by atoms with Crippen molar-refractivity contribution in [2.75, 3.05) is 0 Å². The average molecular weight is 494 g/mol. The lowest BCUT2D eigenvalue weighted by atomic mass is 9.94. The van der Waals surface area contributed by atoms with E-state index in [2.05, 4.69) is 4.40 Å². The molecule has 0 heterocycles. The van der Waals surface area contributed by atoms with Crippen molar-refractivity contribution in [3.63, 3.8) is 0 Å². The number of sulfonamides is 1. The van der Waals surface area contributed by atoms with Gasteiger partial charge in [0.25, 0.3) is 10.0 Å². The van der Waals surface area contributed by atoms with Crippen LogP contribution in [-0.4, -0.2) is 28.3 Å². The van der Waals surface area contributed by atoms with Crippen molar-refractivity contribution in [2.45, 2.75) is 37.5 Å². The van der Waals surface area contributed by atoms with E-state index in [1.165, 1.54) is 18.2 Å². The first-order valence-corrected chi connectivity index (χ1v) is 13.4. The first-order chi connectivity index (χ1) is 15.9. The molecule has 0 radical (unpaired) electrons. The highest BCUT2D eigenvalue weighted by Crippen LogP contribution is 2.31. The SMILES string of the molecule is Cc1ccc(S(=O)(=O)C2=C/C(=N\S(=O)(=O)c3c(C)cc(C)cc3C)c3ccccc3C2=O)cc1. The smallest absolute Gasteiger partial charge is 0.283 e. The normalized spacial score (nSPS) is 15.2. The van der Waals surface area contributed by atoms with E-state index in [1.54, 1.807) is 56.3 Å². The number of sulfone groups is 1. The second kappa shape index (κ2) is 8.45. The Morgan fingerprint density at radius 2 is 1.26 bits per heavy atom. The van der Waals surface area contributed by atoms with Crippen molar-refractivity contribution < 1.29 is 21.6 Å². The minimum Gasteiger partial charge on any atom is -0.288 e. The largest absolute Gasteiger partial charge is 0.288 e. The molecule has 0 N–H and O–H groups in total. The predicted octanol–water partition coefficient (Wildman–Crippen LogP) is 4.65. The maximum atomic E-state index is 13.4. The Labute approximate surface area is 199 Å². The van der Waals surface area contributed by atoms with Crippen LogP contribution in [-0.2, 0) is 19.9 Å². The van der Waals surface area contributed by atoms with E-state index < -0.39 is 30.5 Å². The lowest BCUT2D eigenvalue weighted by Crippen LogP contribution is -2.23. The zero-order chi connectivity index (χ0) is 24.8. The Morgan fingerprint density at radius 1 is 0.706 bits per heavy atom. The summed E-state index contributed by atoms with van der Waals surface area (Å²) < 4.78 is 57.5. The van der Waals surface area contributed by atoms with Gasteiger partial charge in [0.05, 0.1) is 15.5 Å². The Hall–Kier alpha value is -3.36. The summed E-state index contributed by atoms with van der Waals surface area (Å²) in [5, 5.41) is 0. The molecule has 1 aliphatic rings. The minimum atomic E-state index is -4.21. The van der Waals surface area contributed by atoms with Crippen LogP contribution in [0.5, 0.6) is 0 Å². The third kappa shape index (κ3) is 4.15. The van der Waals surface area contributed by atoms with Gasteiger partial charge in [-0.25, -0.2) is 8.42 Å². The average Bonchev–Trinajstić information content (AvgIpc) is 2.75. The highest BCUT2D eigenvalue weighted by molar-refractivity contribution is 7.96. The summed E-state index contributed by atoms with van der Waals surface area (Å²) in [6, 6.07) is 15.9. The number of allylic oxidation sites excluding steroid dienone is 2. The van der Waals surface area contributed by atoms with Gasteiger partial charge < -0.3 is 0 Å². The van der Waals surface area contributed by atoms with E-state index >= 15 is 0 Å². The van der Waals surface area contributed by atoms with Crippen molar-refractivity contribution in [1.82, 2.24) is 0 Å². The molecule has 1 aliphatic carbocycles. The molecule has 0 unspecified atom stereocenters. The Balaban J connectivity index is 1.96. The fraction of sp³-hybridized carbons (Fsp3) is 0.154. The van der Waals surface area contributed by atoms with Gasteiger partial charge in [-0.3, -0.25) is 4.79 Å². The third-order valence-electron chi connectivity index (χ3n) is 5.64. The Kier molecular flexibility index (Phi) is 5.91. The summed E-state index contributed by atoms with van der Waals surface area (Å²) in [6.45, 7) is 7.07. The zero-order valence-electron chi connectivity index (χ0n) is 19.2. The third-order valence-corrected chi connectivity index (χ3v) is 9.01. The lowest BCUT2D eigenvalue weighted by Gasteiger charge is -2.18. The number of carbonyl (C=O) groups excluding carboxylic acids is 1. The van der Waals surface area contributed by atoms with Crippen molar-refractivity contribution in [3.8, 4) is 0 Å². The summed E-state index contributed by atoms with van der Waals surface area (Å²) in [4.78, 5) is 12.7. The number of Topliss-reactive ketones (excluding diaryl/α,β-unsaturated/α-hetero) is 1. The molecular formula is C26H23NO5S2. The van der Waals surface area contributed by atoms with Crippen LogP contribution in [0.3, 0.4) is 0 Å². The van der Waals surface area contributed by atoms with Crippen molar-refractivity contribution >= 4 is 31.4 Å². The molecule has 34 heavy (non-hydrogen) atoms. The van der Waals surface area contributed by atoms with E-state index in [0.29, 0.717) is 11.1 Å². The van der Waals surface area contributed by atoms with Gasteiger partial charge in [-0.1, -0.05) is 59.7 Å². The molecule has 6 nitrogen and oxygen atoms in total. The minimum absolute atomic E-state index is 0.0514. The maximum Gasteiger partial charge on any atom is 0.283 e. The number of ketones is 1. The molecule has 4 rings (SSSR count). The standard InChI is InChI=1S/C26H23NO5S2/c1-16-9-11-20(12-10-16)33(29,30)24-15-23(21-7-5-6-8-22(21)25(24)28)27-34(31,32)26-18(3)13-17(2)14-19(26)4/h5-15H,1-4H3/b27-23+. The van der Waals surface area contributed by atoms with Crippen LogP contribution in [0.1, 0.15) is 38.2 Å². The highest BCUT2D eigenvalue weighted by Gasteiger charge is 2.34. The number of nitrogens with zero attached hydrogens (tertiary/aromatic N) is 1. The predicted molar refractivity (Wildman–Crippen MR) is 132 cm³/mol. The van der Waals surface area contributed by atoms with Gasteiger partial charge in [-0.15, -0.1) is 0 Å². The monoisotopic (exact) mass is 493 g/mol. The van der Waals surface area contributed by atoms with Crippen molar-refractivity contribution in [1.29, 1.82) is 0 Å². The van der Waals surface area contributed by atoms with Gasteiger partial charge in [0.1, 0.15) is 4.91 Å².